The van der Waals surface area contributed by atoms with E-state index in [0.29, 0.717) is 5.69 Å². The highest BCUT2D eigenvalue weighted by Crippen LogP contribution is 2.36. The summed E-state index contributed by atoms with van der Waals surface area (Å²) in [5.41, 5.74) is 2.42. The topological polar surface area (TPSA) is 88.9 Å². The highest BCUT2D eigenvalue weighted by Gasteiger charge is 2.28. The second-order valence-electron chi connectivity index (χ2n) is 7.83. The lowest BCUT2D eigenvalue weighted by Crippen LogP contribution is -2.32. The summed E-state index contributed by atoms with van der Waals surface area (Å²) in [5, 5.41) is 14.1. The molecule has 0 bridgehead atoms. The van der Waals surface area contributed by atoms with Crippen molar-refractivity contribution in [3.05, 3.63) is 54.4 Å². The molecule has 0 fully saturated rings. The maximum absolute atomic E-state index is 12.7. The van der Waals surface area contributed by atoms with Crippen LogP contribution in [0.5, 0.6) is 0 Å². The average Bonchev–Trinajstić information content (AvgIpc) is 3.02. The molecule has 8 heteroatoms. The van der Waals surface area contributed by atoms with E-state index in [9.17, 15) is 9.59 Å². The van der Waals surface area contributed by atoms with Gasteiger partial charge in [-0.15, -0.1) is 22.0 Å². The minimum absolute atomic E-state index is 0.107. The van der Waals surface area contributed by atoms with Crippen molar-refractivity contribution < 1.29 is 9.59 Å². The number of nitrogens with zero attached hydrogens (tertiary/aromatic N) is 3. The van der Waals surface area contributed by atoms with Crippen molar-refractivity contribution in [3.8, 4) is 11.4 Å². The number of anilines is 2. The number of hydrogen-bond acceptors (Lipinski definition) is 5. The average molecular weight is 434 g/mol. The smallest absolute Gasteiger partial charge is 0.238 e. The lowest BCUT2D eigenvalue weighted by atomic mass is 10.1. The van der Waals surface area contributed by atoms with Crippen molar-refractivity contribution in [3.63, 3.8) is 0 Å². The monoisotopic (exact) mass is 433 g/mol. The molecule has 0 radical (unpaired) electrons. The first-order chi connectivity index (χ1) is 15.2. The second-order valence-corrected chi connectivity index (χ2v) is 9.07. The number of para-hydroxylation sites is 1. The molecule has 3 aromatic rings. The molecular weight excluding hydrogens is 410 g/mol. The van der Waals surface area contributed by atoms with Crippen molar-refractivity contribution in [2.75, 3.05) is 10.6 Å². The van der Waals surface area contributed by atoms with Crippen LogP contribution in [0.1, 0.15) is 31.5 Å². The molecule has 31 heavy (non-hydrogen) atoms. The third-order valence-electron chi connectivity index (χ3n) is 5.59. The van der Waals surface area contributed by atoms with Gasteiger partial charge in [0.2, 0.25) is 11.8 Å². The number of aromatic nitrogens is 3. The summed E-state index contributed by atoms with van der Waals surface area (Å²) in [4.78, 5) is 26.0. The van der Waals surface area contributed by atoms with E-state index in [-0.39, 0.29) is 18.2 Å². The Balaban J connectivity index is 1.29. The predicted octanol–water partition coefficient (Wildman–Crippen LogP) is 4.11. The number of aryl methyl sites for hydroxylation is 1. The van der Waals surface area contributed by atoms with Gasteiger partial charge in [-0.1, -0.05) is 30.7 Å². The van der Waals surface area contributed by atoms with E-state index in [2.05, 4.69) is 25.4 Å². The van der Waals surface area contributed by atoms with Crippen LogP contribution in [0.2, 0.25) is 0 Å². The normalized spacial score (nSPS) is 17.8. The Hall–Kier alpha value is -3.13. The molecule has 0 unspecified atom stereocenters. The molecule has 3 heterocycles. The maximum Gasteiger partial charge on any atom is 0.238 e. The first-order valence-electron chi connectivity index (χ1n) is 10.6. The quantitative estimate of drug-likeness (QED) is 0.646. The third kappa shape index (κ3) is 4.20. The van der Waals surface area contributed by atoms with Gasteiger partial charge in [-0.2, -0.15) is 0 Å². The number of benzene rings is 2. The first-order valence-corrected chi connectivity index (χ1v) is 11.4. The number of carbonyl (C=O) groups excluding carboxylic acids is 2. The zero-order valence-corrected chi connectivity index (χ0v) is 17.8. The van der Waals surface area contributed by atoms with Crippen LogP contribution in [-0.4, -0.2) is 31.8 Å². The summed E-state index contributed by atoms with van der Waals surface area (Å²) in [6.07, 6.45) is 4.53. The predicted molar refractivity (Wildman–Crippen MR) is 121 cm³/mol. The highest BCUT2D eigenvalue weighted by atomic mass is 32.2. The molecule has 2 aromatic carbocycles. The van der Waals surface area contributed by atoms with Crippen LogP contribution in [0.3, 0.4) is 0 Å². The van der Waals surface area contributed by atoms with Crippen LogP contribution in [0, 0.1) is 0 Å². The van der Waals surface area contributed by atoms with E-state index in [0.717, 1.165) is 53.6 Å². The standard InChI is InChI=1S/C23H23N5O2S/c29-21(14-19-23(30)25-17-9-3-4-10-18(17)31-19)24-16-8-6-7-15(13-16)22-27-26-20-11-2-1-5-12-28(20)22/h3-4,6-10,13,19H,1-2,5,11-12,14H2,(H,24,29)(H,25,30)/t19-/m1/s1. The minimum atomic E-state index is -0.453. The molecule has 0 saturated heterocycles. The molecule has 158 valence electrons. The largest absolute Gasteiger partial charge is 0.326 e. The Bertz CT molecular complexity index is 1140. The van der Waals surface area contributed by atoms with Gasteiger partial charge in [0.1, 0.15) is 5.82 Å². The van der Waals surface area contributed by atoms with Gasteiger partial charge >= 0.3 is 0 Å². The maximum atomic E-state index is 12.7. The fourth-order valence-corrected chi connectivity index (χ4v) is 5.15. The van der Waals surface area contributed by atoms with Gasteiger partial charge in [0.15, 0.2) is 5.82 Å². The van der Waals surface area contributed by atoms with Crippen LogP contribution in [0.15, 0.2) is 53.4 Å². The summed E-state index contributed by atoms with van der Waals surface area (Å²) in [5.74, 6) is 1.54. The van der Waals surface area contributed by atoms with Gasteiger partial charge < -0.3 is 15.2 Å². The number of fused-ring (bicyclic) bond motifs is 2. The van der Waals surface area contributed by atoms with E-state index in [1.54, 1.807) is 0 Å². The van der Waals surface area contributed by atoms with Crippen molar-refractivity contribution >= 4 is 35.0 Å². The molecule has 1 aromatic heterocycles. The summed E-state index contributed by atoms with van der Waals surface area (Å²) >= 11 is 1.43. The van der Waals surface area contributed by atoms with E-state index < -0.39 is 5.25 Å². The molecule has 0 saturated carbocycles. The Kier molecular flexibility index (Phi) is 5.46. The molecule has 5 rings (SSSR count). The summed E-state index contributed by atoms with van der Waals surface area (Å²) in [7, 11) is 0. The van der Waals surface area contributed by atoms with Crippen LogP contribution in [0.25, 0.3) is 11.4 Å². The van der Waals surface area contributed by atoms with Gasteiger partial charge in [-0.3, -0.25) is 9.59 Å². The van der Waals surface area contributed by atoms with Crippen molar-refractivity contribution in [2.45, 2.75) is 48.8 Å². The number of amides is 2. The minimum Gasteiger partial charge on any atom is -0.326 e. The van der Waals surface area contributed by atoms with Crippen LogP contribution >= 0.6 is 11.8 Å². The Morgan fingerprint density at radius 2 is 2.03 bits per heavy atom. The van der Waals surface area contributed by atoms with Gasteiger partial charge in [0.05, 0.1) is 10.9 Å². The fraction of sp³-hybridized carbons (Fsp3) is 0.304. The van der Waals surface area contributed by atoms with E-state index in [1.165, 1.54) is 18.2 Å². The van der Waals surface area contributed by atoms with Crippen molar-refractivity contribution in [1.29, 1.82) is 0 Å². The number of carbonyl (C=O) groups is 2. The SMILES string of the molecule is O=C(C[C@H]1Sc2ccccc2NC1=O)Nc1cccc(-c2nnc3n2CCCCC3)c1. The summed E-state index contributed by atoms with van der Waals surface area (Å²) in [6.45, 7) is 0.920. The lowest BCUT2D eigenvalue weighted by molar-refractivity contribution is -0.120. The first kappa shape index (κ1) is 19.8. The number of rotatable bonds is 4. The molecule has 1 atom stereocenters. The number of nitrogens with one attached hydrogen (secondary N) is 2. The number of hydrogen-bond donors (Lipinski definition) is 2. The van der Waals surface area contributed by atoms with E-state index in [4.69, 9.17) is 0 Å². The number of thioether (sulfide) groups is 1. The zero-order chi connectivity index (χ0) is 21.2. The lowest BCUT2D eigenvalue weighted by Gasteiger charge is -2.23. The Labute approximate surface area is 184 Å². The van der Waals surface area contributed by atoms with E-state index in [1.807, 2.05) is 48.5 Å². The van der Waals surface area contributed by atoms with Gasteiger partial charge in [-0.25, -0.2) is 0 Å². The second kappa shape index (κ2) is 8.55. The van der Waals surface area contributed by atoms with Gasteiger partial charge in [-0.05, 0) is 37.1 Å². The fourth-order valence-electron chi connectivity index (χ4n) is 4.04. The zero-order valence-electron chi connectivity index (χ0n) is 17.0. The molecule has 0 spiro atoms. The molecule has 2 amide bonds. The molecule has 2 N–H and O–H groups in total. The summed E-state index contributed by atoms with van der Waals surface area (Å²) < 4.78 is 2.19. The van der Waals surface area contributed by atoms with Crippen LogP contribution < -0.4 is 10.6 Å². The molecule has 7 nitrogen and oxygen atoms in total. The van der Waals surface area contributed by atoms with E-state index >= 15 is 0 Å². The van der Waals surface area contributed by atoms with Crippen LogP contribution in [0.4, 0.5) is 11.4 Å². The van der Waals surface area contributed by atoms with Gasteiger partial charge in [0, 0.05) is 35.5 Å². The molecule has 2 aliphatic heterocycles. The van der Waals surface area contributed by atoms with Crippen LogP contribution in [-0.2, 0) is 22.6 Å². The molecular formula is C23H23N5O2S. The van der Waals surface area contributed by atoms with Gasteiger partial charge in [0.25, 0.3) is 0 Å². The highest BCUT2D eigenvalue weighted by molar-refractivity contribution is 8.01. The Morgan fingerprint density at radius 3 is 2.97 bits per heavy atom. The van der Waals surface area contributed by atoms with Crippen molar-refractivity contribution in [1.82, 2.24) is 14.8 Å². The molecule has 2 aliphatic rings. The summed E-state index contributed by atoms with van der Waals surface area (Å²) in [6, 6.07) is 15.3. The molecule has 0 aliphatic carbocycles. The Morgan fingerprint density at radius 1 is 1.13 bits per heavy atom. The van der Waals surface area contributed by atoms with Crippen molar-refractivity contribution in [2.24, 2.45) is 0 Å². The third-order valence-corrected chi connectivity index (χ3v) is 6.87.